The number of H-pyrrole nitrogens is 1. The summed E-state index contributed by atoms with van der Waals surface area (Å²) in [5, 5.41) is 0. The van der Waals surface area contributed by atoms with Crippen molar-refractivity contribution in [2.24, 2.45) is 0 Å². The van der Waals surface area contributed by atoms with Crippen molar-refractivity contribution in [2.75, 3.05) is 6.61 Å². The first-order valence-electron chi connectivity index (χ1n) is 10.1. The van der Waals surface area contributed by atoms with Crippen LogP contribution in [-0.4, -0.2) is 45.4 Å². The Morgan fingerprint density at radius 3 is 2.52 bits per heavy atom. The molecule has 1 aromatic heterocycles. The van der Waals surface area contributed by atoms with Crippen LogP contribution in [0.15, 0.2) is 48.5 Å². The highest BCUT2D eigenvalue weighted by Gasteiger charge is 2.29. The van der Waals surface area contributed by atoms with Crippen molar-refractivity contribution in [2.45, 2.75) is 45.2 Å². The molecule has 0 saturated carbocycles. The number of carbonyl (C=O) groups is 2. The van der Waals surface area contributed by atoms with Crippen LogP contribution in [0.4, 0.5) is 0 Å². The van der Waals surface area contributed by atoms with E-state index in [-0.39, 0.29) is 24.6 Å². The summed E-state index contributed by atoms with van der Waals surface area (Å²) in [6, 6.07) is 15.2. The van der Waals surface area contributed by atoms with E-state index in [0.717, 1.165) is 30.3 Å². The van der Waals surface area contributed by atoms with Crippen molar-refractivity contribution in [1.29, 1.82) is 0 Å². The van der Waals surface area contributed by atoms with Gasteiger partial charge in [0.1, 0.15) is 5.82 Å². The molecule has 0 radical (unpaired) electrons. The Balaban J connectivity index is 1.51. The second kappa shape index (κ2) is 8.07. The Kier molecular flexibility index (Phi) is 5.34. The van der Waals surface area contributed by atoms with Gasteiger partial charge in [0.2, 0.25) is 0 Å². The summed E-state index contributed by atoms with van der Waals surface area (Å²) in [6.07, 6.45) is 3.09. The second-order valence-electron chi connectivity index (χ2n) is 7.65. The Bertz CT molecular complexity index is 1000. The van der Waals surface area contributed by atoms with Gasteiger partial charge in [-0.1, -0.05) is 30.3 Å². The molecular formula is C23H25N3O3. The molecule has 0 aliphatic carbocycles. The number of carbonyl (C=O) groups excluding carboxylic acids is 2. The van der Waals surface area contributed by atoms with Gasteiger partial charge in [0, 0.05) is 17.6 Å². The van der Waals surface area contributed by atoms with Crippen molar-refractivity contribution in [3.63, 3.8) is 0 Å². The van der Waals surface area contributed by atoms with Crippen molar-refractivity contribution >= 4 is 22.9 Å². The van der Waals surface area contributed by atoms with E-state index in [1.807, 2.05) is 55.1 Å². The quantitative estimate of drug-likeness (QED) is 0.677. The number of piperidine rings is 1. The van der Waals surface area contributed by atoms with E-state index < -0.39 is 5.97 Å². The van der Waals surface area contributed by atoms with E-state index in [1.165, 1.54) is 0 Å². The maximum absolute atomic E-state index is 12.8. The third-order valence-electron chi connectivity index (χ3n) is 5.60. The molecule has 4 rings (SSSR count). The molecule has 2 aromatic carbocycles. The molecule has 1 aliphatic rings. The highest BCUT2D eigenvalue weighted by atomic mass is 16.5. The topological polar surface area (TPSA) is 75.3 Å². The molecule has 1 saturated heterocycles. The third-order valence-corrected chi connectivity index (χ3v) is 5.60. The summed E-state index contributed by atoms with van der Waals surface area (Å²) in [4.78, 5) is 35.1. The Labute approximate surface area is 169 Å². The number of nitrogens with zero attached hydrogens (tertiary/aromatic N) is 2. The molecule has 1 aliphatic heterocycles. The number of para-hydroxylation sites is 2. The Morgan fingerprint density at radius 1 is 1.07 bits per heavy atom. The van der Waals surface area contributed by atoms with Crippen LogP contribution in [-0.2, 0) is 9.53 Å². The molecular weight excluding hydrogens is 366 g/mol. The standard InChI is InChI=1S/C23H25N3O3/c1-15-8-7-9-16(2)26(15)21(27)14-29-23(28)18-11-4-3-10-17(18)22-24-19-12-5-6-13-20(19)25-22/h3-6,10-13,15-16H,7-9,14H2,1-2H3,(H,24,25)/t15-,16-/m1/s1. The molecule has 2 atom stereocenters. The maximum atomic E-state index is 12.8. The van der Waals surface area contributed by atoms with Gasteiger partial charge in [0.05, 0.1) is 16.6 Å². The fourth-order valence-corrected chi connectivity index (χ4v) is 4.14. The number of imidazole rings is 1. The smallest absolute Gasteiger partial charge is 0.339 e. The summed E-state index contributed by atoms with van der Waals surface area (Å²) in [5.74, 6) is -0.0608. The number of rotatable bonds is 4. The second-order valence-corrected chi connectivity index (χ2v) is 7.65. The first-order valence-corrected chi connectivity index (χ1v) is 10.1. The summed E-state index contributed by atoms with van der Waals surface area (Å²) in [7, 11) is 0. The normalized spacial score (nSPS) is 19.3. The average molecular weight is 391 g/mol. The number of nitrogens with one attached hydrogen (secondary N) is 1. The molecule has 29 heavy (non-hydrogen) atoms. The summed E-state index contributed by atoms with van der Waals surface area (Å²) in [5.41, 5.74) is 2.77. The van der Waals surface area contributed by atoms with Crippen LogP contribution >= 0.6 is 0 Å². The van der Waals surface area contributed by atoms with Crippen LogP contribution in [0.2, 0.25) is 0 Å². The van der Waals surface area contributed by atoms with E-state index >= 15 is 0 Å². The van der Waals surface area contributed by atoms with Gasteiger partial charge >= 0.3 is 5.97 Å². The fraction of sp³-hybridized carbons (Fsp3) is 0.348. The summed E-state index contributed by atoms with van der Waals surface area (Å²) >= 11 is 0. The van der Waals surface area contributed by atoms with E-state index in [4.69, 9.17) is 4.74 Å². The lowest BCUT2D eigenvalue weighted by Gasteiger charge is -2.38. The van der Waals surface area contributed by atoms with Gasteiger partial charge in [-0.15, -0.1) is 0 Å². The Morgan fingerprint density at radius 2 is 1.76 bits per heavy atom. The molecule has 2 heterocycles. The van der Waals surface area contributed by atoms with E-state index in [9.17, 15) is 9.59 Å². The molecule has 6 heteroatoms. The van der Waals surface area contributed by atoms with Gasteiger partial charge in [-0.05, 0) is 51.3 Å². The average Bonchev–Trinajstić information content (AvgIpc) is 3.16. The van der Waals surface area contributed by atoms with Crippen LogP contribution in [0, 0.1) is 0 Å². The number of amides is 1. The minimum absolute atomic E-state index is 0.140. The monoisotopic (exact) mass is 391 g/mol. The lowest BCUT2D eigenvalue weighted by atomic mass is 9.97. The maximum Gasteiger partial charge on any atom is 0.339 e. The lowest BCUT2D eigenvalue weighted by Crippen LogP contribution is -2.49. The number of hydrogen-bond donors (Lipinski definition) is 1. The highest BCUT2D eigenvalue weighted by Crippen LogP contribution is 2.25. The summed E-state index contributed by atoms with van der Waals surface area (Å²) < 4.78 is 5.40. The van der Waals surface area contributed by atoms with Crippen molar-refractivity contribution in [1.82, 2.24) is 14.9 Å². The van der Waals surface area contributed by atoms with Gasteiger partial charge in [0.15, 0.2) is 6.61 Å². The van der Waals surface area contributed by atoms with Gasteiger partial charge in [0.25, 0.3) is 5.91 Å². The van der Waals surface area contributed by atoms with Crippen molar-refractivity contribution in [3.05, 3.63) is 54.1 Å². The molecule has 0 spiro atoms. The molecule has 0 unspecified atom stereocenters. The highest BCUT2D eigenvalue weighted by molar-refractivity contribution is 5.98. The number of likely N-dealkylation sites (tertiary alicyclic amines) is 1. The number of fused-ring (bicyclic) bond motifs is 1. The van der Waals surface area contributed by atoms with E-state index in [2.05, 4.69) is 9.97 Å². The summed E-state index contributed by atoms with van der Waals surface area (Å²) in [6.45, 7) is 3.85. The number of aromatic amines is 1. The number of aromatic nitrogens is 2. The number of benzene rings is 2. The predicted molar refractivity (Wildman–Crippen MR) is 111 cm³/mol. The minimum Gasteiger partial charge on any atom is -0.452 e. The largest absolute Gasteiger partial charge is 0.452 e. The van der Waals surface area contributed by atoms with Crippen LogP contribution in [0.25, 0.3) is 22.4 Å². The molecule has 1 amide bonds. The van der Waals surface area contributed by atoms with Crippen LogP contribution in [0.1, 0.15) is 43.5 Å². The van der Waals surface area contributed by atoms with Crippen molar-refractivity contribution < 1.29 is 14.3 Å². The van der Waals surface area contributed by atoms with Crippen LogP contribution < -0.4 is 0 Å². The first-order chi connectivity index (χ1) is 14.0. The van der Waals surface area contributed by atoms with Crippen LogP contribution in [0.3, 0.4) is 0 Å². The third kappa shape index (κ3) is 3.88. The SMILES string of the molecule is C[C@@H]1CCC[C@@H](C)N1C(=O)COC(=O)c1ccccc1-c1nc2ccccc2[nH]1. The number of ether oxygens (including phenoxy) is 1. The van der Waals surface area contributed by atoms with E-state index in [0.29, 0.717) is 17.0 Å². The van der Waals surface area contributed by atoms with Gasteiger partial charge < -0.3 is 14.6 Å². The molecule has 6 nitrogen and oxygen atoms in total. The van der Waals surface area contributed by atoms with Gasteiger partial charge in [-0.3, -0.25) is 4.79 Å². The first kappa shape index (κ1) is 19.2. The zero-order chi connectivity index (χ0) is 20.4. The predicted octanol–water partition coefficient (Wildman–Crippen LogP) is 4.18. The van der Waals surface area contributed by atoms with Crippen LogP contribution in [0.5, 0.6) is 0 Å². The van der Waals surface area contributed by atoms with Gasteiger partial charge in [-0.2, -0.15) is 0 Å². The number of esters is 1. The van der Waals surface area contributed by atoms with Crippen molar-refractivity contribution in [3.8, 4) is 11.4 Å². The van der Waals surface area contributed by atoms with E-state index in [1.54, 1.807) is 12.1 Å². The minimum atomic E-state index is -0.522. The molecule has 3 aromatic rings. The fourth-order valence-electron chi connectivity index (χ4n) is 4.14. The zero-order valence-electron chi connectivity index (χ0n) is 16.7. The molecule has 0 bridgehead atoms. The molecule has 150 valence electrons. The lowest BCUT2D eigenvalue weighted by molar-refractivity contribution is -0.140. The zero-order valence-corrected chi connectivity index (χ0v) is 16.7. The molecule has 1 fully saturated rings. The van der Waals surface area contributed by atoms with Gasteiger partial charge in [-0.25, -0.2) is 9.78 Å². The number of hydrogen-bond acceptors (Lipinski definition) is 4. The Hall–Kier alpha value is -3.15. The molecule has 1 N–H and O–H groups in total.